The Labute approximate surface area is 139 Å². The van der Waals surface area contributed by atoms with Crippen LogP contribution in [0.5, 0.6) is 5.75 Å². The Morgan fingerprint density at radius 1 is 1.30 bits per heavy atom. The lowest BCUT2D eigenvalue weighted by atomic mass is 10.3. The molecule has 0 saturated carbocycles. The molecule has 1 aromatic carbocycles. The second-order valence-corrected chi connectivity index (χ2v) is 5.04. The van der Waals surface area contributed by atoms with Crippen LogP contribution in [0.25, 0.3) is 0 Å². The van der Waals surface area contributed by atoms with Crippen molar-refractivity contribution in [2.45, 2.75) is 6.61 Å². The molecule has 0 aliphatic carbocycles. The molecule has 2 amide bonds. The van der Waals surface area contributed by atoms with Crippen molar-refractivity contribution in [1.82, 2.24) is 10.3 Å². The Balaban J connectivity index is 1.88. The number of nitrogens with one attached hydrogen (secondary N) is 2. The van der Waals surface area contributed by atoms with Gasteiger partial charge in [-0.05, 0) is 30.3 Å². The number of rotatable bonds is 7. The third-order valence-corrected chi connectivity index (χ3v) is 3.18. The lowest BCUT2D eigenvalue weighted by Crippen LogP contribution is -2.31. The average molecular weight is 336 g/mol. The Kier molecular flexibility index (Phi) is 6.65. The summed E-state index contributed by atoms with van der Waals surface area (Å²) < 4.78 is 10.5. The van der Waals surface area contributed by atoms with E-state index in [1.54, 1.807) is 31.5 Å². The molecule has 7 heteroatoms. The second-order valence-electron chi connectivity index (χ2n) is 4.63. The van der Waals surface area contributed by atoms with Crippen molar-refractivity contribution in [1.29, 1.82) is 0 Å². The molecule has 1 aromatic heterocycles. The molecule has 0 fully saturated rings. The molecule has 0 aliphatic rings. The summed E-state index contributed by atoms with van der Waals surface area (Å²) in [4.78, 5) is 15.8. The van der Waals surface area contributed by atoms with Crippen molar-refractivity contribution in [2.75, 3.05) is 25.6 Å². The van der Waals surface area contributed by atoms with Crippen LogP contribution in [0.15, 0.2) is 42.6 Å². The summed E-state index contributed by atoms with van der Waals surface area (Å²) >= 11 is 6.17. The maximum absolute atomic E-state index is 11.6. The summed E-state index contributed by atoms with van der Waals surface area (Å²) in [6.07, 6.45) is 1.70. The molecule has 0 atom stereocenters. The summed E-state index contributed by atoms with van der Waals surface area (Å²) in [5.74, 6) is 0.530. The zero-order valence-electron chi connectivity index (χ0n) is 12.7. The molecule has 0 unspecified atom stereocenters. The fourth-order valence-corrected chi connectivity index (χ4v) is 2.01. The van der Waals surface area contributed by atoms with Crippen molar-refractivity contribution < 1.29 is 14.3 Å². The fourth-order valence-electron chi connectivity index (χ4n) is 1.77. The Morgan fingerprint density at radius 3 is 2.87 bits per heavy atom. The number of hydrogen-bond donors (Lipinski definition) is 2. The molecule has 2 rings (SSSR count). The molecule has 0 radical (unpaired) electrons. The van der Waals surface area contributed by atoms with Gasteiger partial charge in [-0.2, -0.15) is 0 Å². The van der Waals surface area contributed by atoms with Gasteiger partial charge in [0.1, 0.15) is 12.4 Å². The van der Waals surface area contributed by atoms with Gasteiger partial charge in [0, 0.05) is 25.5 Å². The van der Waals surface area contributed by atoms with Crippen LogP contribution in [-0.4, -0.2) is 31.3 Å². The van der Waals surface area contributed by atoms with Crippen LogP contribution in [0.3, 0.4) is 0 Å². The van der Waals surface area contributed by atoms with Gasteiger partial charge in [-0.1, -0.05) is 17.7 Å². The lowest BCUT2D eigenvalue weighted by Gasteiger charge is -2.11. The number of nitrogens with zero attached hydrogens (tertiary/aromatic N) is 1. The number of anilines is 1. The van der Waals surface area contributed by atoms with Crippen LogP contribution in [0.2, 0.25) is 5.02 Å². The van der Waals surface area contributed by atoms with Gasteiger partial charge in [0.25, 0.3) is 0 Å². The van der Waals surface area contributed by atoms with Crippen molar-refractivity contribution >= 4 is 23.3 Å². The molecule has 6 nitrogen and oxygen atoms in total. The average Bonchev–Trinajstić information content (AvgIpc) is 2.55. The number of ether oxygens (including phenoxy) is 2. The highest BCUT2D eigenvalue weighted by Gasteiger charge is 2.06. The summed E-state index contributed by atoms with van der Waals surface area (Å²) in [6.45, 7) is 1.21. The standard InChI is InChI=1S/C16H18ClN3O3/c1-22-9-8-19-16(21)20-12-5-6-15(14(17)10-12)23-11-13-4-2-3-7-18-13/h2-7,10H,8-9,11H2,1H3,(H2,19,20,21). The summed E-state index contributed by atoms with van der Waals surface area (Å²) in [5, 5.41) is 5.75. The van der Waals surface area contributed by atoms with Gasteiger partial charge < -0.3 is 20.1 Å². The van der Waals surface area contributed by atoms with Crippen LogP contribution < -0.4 is 15.4 Å². The number of urea groups is 1. The molecule has 0 spiro atoms. The number of methoxy groups -OCH3 is 1. The largest absolute Gasteiger partial charge is 0.486 e. The molecular weight excluding hydrogens is 318 g/mol. The van der Waals surface area contributed by atoms with Crippen molar-refractivity contribution in [3.63, 3.8) is 0 Å². The lowest BCUT2D eigenvalue weighted by molar-refractivity contribution is 0.198. The predicted octanol–water partition coefficient (Wildman–Crippen LogP) is 3.08. The van der Waals surface area contributed by atoms with Crippen molar-refractivity contribution in [3.05, 3.63) is 53.3 Å². The minimum Gasteiger partial charge on any atom is -0.486 e. The Hall–Kier alpha value is -2.31. The van der Waals surface area contributed by atoms with Gasteiger partial charge in [0.05, 0.1) is 17.3 Å². The van der Waals surface area contributed by atoms with E-state index in [1.165, 1.54) is 0 Å². The minimum atomic E-state index is -0.319. The number of carbonyl (C=O) groups excluding carboxylic acids is 1. The highest BCUT2D eigenvalue weighted by atomic mass is 35.5. The molecule has 0 saturated heterocycles. The van der Waals surface area contributed by atoms with Gasteiger partial charge in [0.2, 0.25) is 0 Å². The number of halogens is 1. The van der Waals surface area contributed by atoms with Crippen LogP contribution in [0, 0.1) is 0 Å². The third-order valence-electron chi connectivity index (χ3n) is 2.88. The van der Waals surface area contributed by atoms with E-state index in [1.807, 2.05) is 18.2 Å². The van der Waals surface area contributed by atoms with E-state index in [0.29, 0.717) is 36.2 Å². The van der Waals surface area contributed by atoms with Gasteiger partial charge in [-0.25, -0.2) is 4.79 Å². The van der Waals surface area contributed by atoms with Crippen LogP contribution in [0.1, 0.15) is 5.69 Å². The highest BCUT2D eigenvalue weighted by Crippen LogP contribution is 2.28. The van der Waals surface area contributed by atoms with Crippen LogP contribution in [0.4, 0.5) is 10.5 Å². The van der Waals surface area contributed by atoms with Gasteiger partial charge in [0.15, 0.2) is 0 Å². The molecule has 0 aliphatic heterocycles. The molecule has 23 heavy (non-hydrogen) atoms. The SMILES string of the molecule is COCCNC(=O)Nc1ccc(OCc2ccccn2)c(Cl)c1. The number of amides is 2. The Bertz CT molecular complexity index is 638. The van der Waals surface area contributed by atoms with E-state index >= 15 is 0 Å². The van der Waals surface area contributed by atoms with Crippen molar-refractivity contribution in [2.24, 2.45) is 0 Å². The molecule has 2 aromatic rings. The maximum atomic E-state index is 11.6. The first-order valence-electron chi connectivity index (χ1n) is 7.05. The van der Waals surface area contributed by atoms with Crippen molar-refractivity contribution in [3.8, 4) is 5.75 Å². The minimum absolute atomic E-state index is 0.319. The fraction of sp³-hybridized carbons (Fsp3) is 0.250. The third kappa shape index (κ3) is 5.77. The van der Waals surface area contributed by atoms with E-state index in [0.717, 1.165) is 5.69 Å². The van der Waals surface area contributed by atoms with E-state index in [2.05, 4.69) is 15.6 Å². The maximum Gasteiger partial charge on any atom is 0.319 e. The first kappa shape index (κ1) is 17.1. The van der Waals surface area contributed by atoms with E-state index in [4.69, 9.17) is 21.1 Å². The summed E-state index contributed by atoms with van der Waals surface area (Å²) in [5.41, 5.74) is 1.39. The quantitative estimate of drug-likeness (QED) is 0.763. The van der Waals surface area contributed by atoms with Gasteiger partial charge >= 0.3 is 6.03 Å². The summed E-state index contributed by atoms with van der Waals surface area (Å²) in [6, 6.07) is 10.3. The zero-order valence-corrected chi connectivity index (χ0v) is 13.5. The van der Waals surface area contributed by atoms with E-state index in [-0.39, 0.29) is 6.03 Å². The smallest absolute Gasteiger partial charge is 0.319 e. The second kappa shape index (κ2) is 8.97. The van der Waals surface area contributed by atoms with Gasteiger partial charge in [-0.15, -0.1) is 0 Å². The summed E-state index contributed by atoms with van der Waals surface area (Å²) in [7, 11) is 1.57. The highest BCUT2D eigenvalue weighted by molar-refractivity contribution is 6.32. The molecule has 0 bridgehead atoms. The normalized spacial score (nSPS) is 10.2. The molecular formula is C16H18ClN3O3. The zero-order chi connectivity index (χ0) is 16.5. The number of carbonyl (C=O) groups is 1. The topological polar surface area (TPSA) is 72.5 Å². The van der Waals surface area contributed by atoms with E-state index in [9.17, 15) is 4.79 Å². The molecule has 1 heterocycles. The first-order valence-corrected chi connectivity index (χ1v) is 7.43. The molecule has 2 N–H and O–H groups in total. The number of pyridine rings is 1. The van der Waals surface area contributed by atoms with E-state index < -0.39 is 0 Å². The number of benzene rings is 1. The Morgan fingerprint density at radius 2 is 2.17 bits per heavy atom. The van der Waals surface area contributed by atoms with Gasteiger partial charge in [-0.3, -0.25) is 4.98 Å². The van der Waals surface area contributed by atoms with Crippen LogP contribution in [-0.2, 0) is 11.3 Å². The van der Waals surface area contributed by atoms with Crippen LogP contribution >= 0.6 is 11.6 Å². The predicted molar refractivity (Wildman–Crippen MR) is 88.9 cm³/mol. The number of aromatic nitrogens is 1. The number of hydrogen-bond acceptors (Lipinski definition) is 4. The first-order chi connectivity index (χ1) is 11.2. The monoisotopic (exact) mass is 335 g/mol. The molecule has 122 valence electrons.